The molecule has 2 aliphatic rings. The van der Waals surface area contributed by atoms with Gasteiger partial charge in [0.15, 0.2) is 0 Å². The molecular formula is C20H24N4O4S. The van der Waals surface area contributed by atoms with Gasteiger partial charge in [-0.05, 0) is 12.0 Å². The quantitative estimate of drug-likeness (QED) is 0.788. The summed E-state index contributed by atoms with van der Waals surface area (Å²) in [6.07, 6.45) is 2.68. The molecule has 29 heavy (non-hydrogen) atoms. The SMILES string of the molecule is CS(=O)(=O)N1CCc2nc([C@H]3CCN(C(=O)Cc4ccccc4)C3)[nH]c(=O)c2C1. The van der Waals surface area contributed by atoms with Crippen molar-refractivity contribution in [1.29, 1.82) is 0 Å². The molecule has 4 rings (SSSR count). The third-order valence-electron chi connectivity index (χ3n) is 5.65. The summed E-state index contributed by atoms with van der Waals surface area (Å²) < 4.78 is 24.8. The van der Waals surface area contributed by atoms with Gasteiger partial charge < -0.3 is 9.88 Å². The fourth-order valence-corrected chi connectivity index (χ4v) is 4.77. The summed E-state index contributed by atoms with van der Waals surface area (Å²) in [7, 11) is -3.35. The zero-order valence-electron chi connectivity index (χ0n) is 16.3. The van der Waals surface area contributed by atoms with Crippen LogP contribution in [0.25, 0.3) is 0 Å². The van der Waals surface area contributed by atoms with Crippen molar-refractivity contribution in [2.45, 2.75) is 31.7 Å². The highest BCUT2D eigenvalue weighted by atomic mass is 32.2. The number of carbonyl (C=O) groups excluding carboxylic acids is 1. The summed E-state index contributed by atoms with van der Waals surface area (Å²) in [4.78, 5) is 34.5. The van der Waals surface area contributed by atoms with Crippen LogP contribution >= 0.6 is 0 Å². The Morgan fingerprint density at radius 1 is 1.24 bits per heavy atom. The van der Waals surface area contributed by atoms with E-state index in [0.29, 0.717) is 49.6 Å². The minimum absolute atomic E-state index is 0.0133. The molecule has 2 aliphatic heterocycles. The van der Waals surface area contributed by atoms with Crippen LogP contribution in [0.15, 0.2) is 35.1 Å². The Kier molecular flexibility index (Phi) is 5.26. The molecule has 0 radical (unpaired) electrons. The normalized spacial score (nSPS) is 19.9. The number of rotatable bonds is 4. The number of nitrogens with zero attached hydrogens (tertiary/aromatic N) is 3. The first-order valence-electron chi connectivity index (χ1n) is 9.70. The van der Waals surface area contributed by atoms with Gasteiger partial charge in [-0.15, -0.1) is 0 Å². The van der Waals surface area contributed by atoms with Crippen LogP contribution < -0.4 is 5.56 Å². The van der Waals surface area contributed by atoms with Gasteiger partial charge in [0.2, 0.25) is 15.9 Å². The van der Waals surface area contributed by atoms with Gasteiger partial charge in [-0.2, -0.15) is 4.31 Å². The number of hydrogen-bond donors (Lipinski definition) is 1. The lowest BCUT2D eigenvalue weighted by Crippen LogP contribution is -2.39. The van der Waals surface area contributed by atoms with Crippen molar-refractivity contribution in [2.75, 3.05) is 25.9 Å². The van der Waals surface area contributed by atoms with Gasteiger partial charge in [0.05, 0.1) is 23.9 Å². The summed E-state index contributed by atoms with van der Waals surface area (Å²) in [5.74, 6) is 0.653. The number of amides is 1. The van der Waals surface area contributed by atoms with Gasteiger partial charge in [-0.3, -0.25) is 9.59 Å². The first kappa shape index (κ1) is 19.8. The molecule has 0 aliphatic carbocycles. The fraction of sp³-hybridized carbons (Fsp3) is 0.450. The Balaban J connectivity index is 1.47. The van der Waals surface area contributed by atoms with Crippen LogP contribution in [0.2, 0.25) is 0 Å². The monoisotopic (exact) mass is 416 g/mol. The highest BCUT2D eigenvalue weighted by molar-refractivity contribution is 7.88. The molecule has 1 aromatic heterocycles. The van der Waals surface area contributed by atoms with Crippen LogP contribution in [0.5, 0.6) is 0 Å². The maximum absolute atomic E-state index is 12.6. The number of aromatic nitrogens is 2. The number of benzene rings is 1. The molecule has 1 N–H and O–H groups in total. The number of sulfonamides is 1. The Morgan fingerprint density at radius 2 is 2.00 bits per heavy atom. The van der Waals surface area contributed by atoms with E-state index < -0.39 is 10.0 Å². The van der Waals surface area contributed by atoms with E-state index in [1.807, 2.05) is 35.2 Å². The Bertz CT molecular complexity index is 1080. The summed E-state index contributed by atoms with van der Waals surface area (Å²) in [6, 6.07) is 9.64. The molecular weight excluding hydrogens is 392 g/mol. The minimum atomic E-state index is -3.35. The smallest absolute Gasteiger partial charge is 0.255 e. The summed E-state index contributed by atoms with van der Waals surface area (Å²) in [5, 5.41) is 0. The molecule has 1 fully saturated rings. The van der Waals surface area contributed by atoms with Crippen molar-refractivity contribution in [3.63, 3.8) is 0 Å². The standard InChI is InChI=1S/C20H24N4O4S/c1-29(27,28)24-10-8-17-16(13-24)20(26)22-19(21-17)15-7-9-23(12-15)18(25)11-14-5-3-2-4-6-14/h2-6,15H,7-13H2,1H3,(H,21,22,26)/t15-/m0/s1. The van der Waals surface area contributed by atoms with Crippen LogP contribution in [0.1, 0.15) is 35.0 Å². The van der Waals surface area contributed by atoms with Crippen molar-refractivity contribution in [3.8, 4) is 0 Å². The second kappa shape index (κ2) is 7.72. The average molecular weight is 417 g/mol. The van der Waals surface area contributed by atoms with E-state index in [1.165, 1.54) is 4.31 Å². The molecule has 1 atom stereocenters. The first-order valence-corrected chi connectivity index (χ1v) is 11.5. The molecule has 0 bridgehead atoms. The van der Waals surface area contributed by atoms with Gasteiger partial charge in [-0.1, -0.05) is 30.3 Å². The van der Waals surface area contributed by atoms with Gasteiger partial charge in [-0.25, -0.2) is 13.4 Å². The highest BCUT2D eigenvalue weighted by Gasteiger charge is 2.31. The summed E-state index contributed by atoms with van der Waals surface area (Å²) >= 11 is 0. The molecule has 0 saturated carbocycles. The van der Waals surface area contributed by atoms with E-state index in [4.69, 9.17) is 0 Å². The first-order chi connectivity index (χ1) is 13.8. The number of fused-ring (bicyclic) bond motifs is 1. The topological polar surface area (TPSA) is 103 Å². The molecule has 1 amide bonds. The maximum atomic E-state index is 12.6. The second-order valence-electron chi connectivity index (χ2n) is 7.71. The third-order valence-corrected chi connectivity index (χ3v) is 6.90. The predicted molar refractivity (Wildman–Crippen MR) is 108 cm³/mol. The van der Waals surface area contributed by atoms with Gasteiger partial charge in [0, 0.05) is 38.5 Å². The molecule has 0 spiro atoms. The number of nitrogens with one attached hydrogen (secondary N) is 1. The lowest BCUT2D eigenvalue weighted by Gasteiger charge is -2.26. The number of carbonyl (C=O) groups is 1. The number of H-pyrrole nitrogens is 1. The van der Waals surface area contributed by atoms with Gasteiger partial charge in [0.1, 0.15) is 5.82 Å². The van der Waals surface area contributed by atoms with Crippen molar-refractivity contribution < 1.29 is 13.2 Å². The van der Waals surface area contributed by atoms with E-state index in [2.05, 4.69) is 9.97 Å². The van der Waals surface area contributed by atoms with Crippen molar-refractivity contribution in [2.24, 2.45) is 0 Å². The summed E-state index contributed by atoms with van der Waals surface area (Å²) in [5.41, 5.74) is 1.78. The van der Waals surface area contributed by atoms with Crippen molar-refractivity contribution >= 4 is 15.9 Å². The lowest BCUT2D eigenvalue weighted by molar-refractivity contribution is -0.129. The van der Waals surface area contributed by atoms with E-state index in [9.17, 15) is 18.0 Å². The highest BCUT2D eigenvalue weighted by Crippen LogP contribution is 2.26. The van der Waals surface area contributed by atoms with Crippen LogP contribution in [-0.2, 0) is 34.2 Å². The Labute approximate surface area is 169 Å². The van der Waals surface area contributed by atoms with Crippen LogP contribution in [0.3, 0.4) is 0 Å². The zero-order valence-corrected chi connectivity index (χ0v) is 17.1. The van der Waals surface area contributed by atoms with Crippen LogP contribution in [0, 0.1) is 0 Å². The van der Waals surface area contributed by atoms with Crippen molar-refractivity contribution in [1.82, 2.24) is 19.2 Å². The Morgan fingerprint density at radius 3 is 2.72 bits per heavy atom. The molecule has 8 nitrogen and oxygen atoms in total. The largest absolute Gasteiger partial charge is 0.342 e. The number of aromatic amines is 1. The third kappa shape index (κ3) is 4.25. The summed E-state index contributed by atoms with van der Waals surface area (Å²) in [6.45, 7) is 1.55. The van der Waals surface area contributed by atoms with Crippen LogP contribution in [-0.4, -0.2) is 59.4 Å². The van der Waals surface area contributed by atoms with Gasteiger partial charge in [0.25, 0.3) is 5.56 Å². The van der Waals surface area contributed by atoms with E-state index in [1.54, 1.807) is 0 Å². The fourth-order valence-electron chi connectivity index (χ4n) is 3.99. The predicted octanol–water partition coefficient (Wildman–Crippen LogP) is 0.646. The average Bonchev–Trinajstić information content (AvgIpc) is 3.18. The van der Waals surface area contributed by atoms with E-state index in [-0.39, 0.29) is 23.9 Å². The van der Waals surface area contributed by atoms with Gasteiger partial charge >= 0.3 is 0 Å². The molecule has 2 aromatic rings. The van der Waals surface area contributed by atoms with E-state index >= 15 is 0 Å². The number of likely N-dealkylation sites (tertiary alicyclic amines) is 1. The lowest BCUT2D eigenvalue weighted by atomic mass is 10.1. The number of hydrogen-bond acceptors (Lipinski definition) is 5. The van der Waals surface area contributed by atoms with E-state index in [0.717, 1.165) is 18.2 Å². The Hall–Kier alpha value is -2.52. The minimum Gasteiger partial charge on any atom is -0.342 e. The molecule has 0 unspecified atom stereocenters. The molecule has 1 saturated heterocycles. The zero-order chi connectivity index (χ0) is 20.6. The molecule has 9 heteroatoms. The molecule has 154 valence electrons. The molecule has 3 heterocycles. The van der Waals surface area contributed by atoms with Crippen LogP contribution in [0.4, 0.5) is 0 Å². The maximum Gasteiger partial charge on any atom is 0.255 e. The van der Waals surface area contributed by atoms with Crippen molar-refractivity contribution in [3.05, 3.63) is 63.3 Å². The molecule has 1 aromatic carbocycles. The second-order valence-corrected chi connectivity index (χ2v) is 9.69.